The van der Waals surface area contributed by atoms with Gasteiger partial charge in [-0.2, -0.15) is 9.97 Å². The molecule has 1 aromatic heterocycles. The van der Waals surface area contributed by atoms with E-state index in [0.29, 0.717) is 17.7 Å². The van der Waals surface area contributed by atoms with Gasteiger partial charge in [0, 0.05) is 13.1 Å². The highest BCUT2D eigenvalue weighted by atomic mass is 16.5. The lowest BCUT2D eigenvalue weighted by atomic mass is 10.5. The molecule has 0 atom stereocenters. The molecule has 1 aromatic rings. The van der Waals surface area contributed by atoms with Crippen molar-refractivity contribution in [3.8, 4) is 11.9 Å². The number of nitrogens with one attached hydrogen (secondary N) is 1. The molecular weight excluding hydrogens is 210 g/mol. The van der Waals surface area contributed by atoms with Crippen LogP contribution in [-0.2, 0) is 4.79 Å². The Morgan fingerprint density at radius 1 is 1.19 bits per heavy atom. The van der Waals surface area contributed by atoms with Gasteiger partial charge in [0.15, 0.2) is 0 Å². The number of hydrogen-bond acceptors (Lipinski definition) is 6. The molecular formula is C10H17N3O3. The van der Waals surface area contributed by atoms with Crippen LogP contribution in [0.15, 0.2) is 19.2 Å². The molecule has 0 fully saturated rings. The van der Waals surface area contributed by atoms with Gasteiger partial charge in [-0.1, -0.05) is 0 Å². The first-order valence-electron chi connectivity index (χ1n) is 4.24. The first kappa shape index (κ1) is 16.3. The molecule has 0 bridgehead atoms. The van der Waals surface area contributed by atoms with Crippen molar-refractivity contribution >= 4 is 12.6 Å². The van der Waals surface area contributed by atoms with Gasteiger partial charge in [-0.15, -0.1) is 13.2 Å². The van der Waals surface area contributed by atoms with E-state index in [-0.39, 0.29) is 0 Å². The summed E-state index contributed by atoms with van der Waals surface area (Å²) in [5.74, 6) is 1.14. The molecule has 0 saturated carbocycles. The van der Waals surface area contributed by atoms with Crippen molar-refractivity contribution in [1.82, 2.24) is 9.97 Å². The molecule has 16 heavy (non-hydrogen) atoms. The summed E-state index contributed by atoms with van der Waals surface area (Å²) in [7, 11) is 4.82. The predicted molar refractivity (Wildman–Crippen MR) is 63.1 cm³/mol. The average Bonchev–Trinajstić information content (AvgIpc) is 2.42. The molecule has 0 amide bonds. The largest absolute Gasteiger partial charge is 0.481 e. The highest BCUT2D eigenvalue weighted by Gasteiger charge is 2.02. The quantitative estimate of drug-likeness (QED) is 0.781. The smallest absolute Gasteiger partial charge is 0.321 e. The molecule has 6 heteroatoms. The molecule has 0 aromatic carbocycles. The summed E-state index contributed by atoms with van der Waals surface area (Å²) in [5.41, 5.74) is 0. The molecule has 1 rings (SSSR count). The normalized spacial score (nSPS) is 7.44. The van der Waals surface area contributed by atoms with E-state index in [9.17, 15) is 0 Å². The SMILES string of the molecule is C=C.C=O.CNc1cc(OC)nc(OC)n1. The van der Waals surface area contributed by atoms with Crippen LogP contribution in [0.4, 0.5) is 5.82 Å². The summed E-state index contributed by atoms with van der Waals surface area (Å²) in [6.07, 6.45) is 0. The minimum atomic E-state index is 0.290. The van der Waals surface area contributed by atoms with E-state index >= 15 is 0 Å². The molecule has 0 spiro atoms. The summed E-state index contributed by atoms with van der Waals surface area (Å²) >= 11 is 0. The molecule has 0 aliphatic carbocycles. The van der Waals surface area contributed by atoms with Gasteiger partial charge >= 0.3 is 6.01 Å². The maximum absolute atomic E-state index is 8.00. The van der Waals surface area contributed by atoms with Crippen LogP contribution in [0.25, 0.3) is 0 Å². The monoisotopic (exact) mass is 227 g/mol. The summed E-state index contributed by atoms with van der Waals surface area (Å²) in [6.45, 7) is 8.00. The lowest BCUT2D eigenvalue weighted by molar-refractivity contribution is -0.0979. The van der Waals surface area contributed by atoms with Crippen LogP contribution in [-0.4, -0.2) is 38.0 Å². The summed E-state index contributed by atoms with van der Waals surface area (Å²) < 4.78 is 9.78. The number of anilines is 1. The Hall–Kier alpha value is -2.11. The summed E-state index contributed by atoms with van der Waals surface area (Å²) in [6, 6.07) is 1.97. The first-order chi connectivity index (χ1) is 7.80. The Balaban J connectivity index is 0. The number of methoxy groups -OCH3 is 2. The van der Waals surface area contributed by atoms with Crippen molar-refractivity contribution in [3.05, 3.63) is 19.2 Å². The van der Waals surface area contributed by atoms with Crippen LogP contribution in [0.5, 0.6) is 11.9 Å². The van der Waals surface area contributed by atoms with Crippen molar-refractivity contribution in [3.63, 3.8) is 0 Å². The van der Waals surface area contributed by atoms with E-state index in [0.717, 1.165) is 0 Å². The molecule has 0 radical (unpaired) electrons. The van der Waals surface area contributed by atoms with E-state index in [1.54, 1.807) is 20.2 Å². The molecule has 1 heterocycles. The van der Waals surface area contributed by atoms with Gasteiger partial charge in [-0.3, -0.25) is 0 Å². The Kier molecular flexibility index (Phi) is 11.2. The predicted octanol–water partition coefficient (Wildman–Crippen LogP) is 1.15. The van der Waals surface area contributed by atoms with Crippen LogP contribution >= 0.6 is 0 Å². The van der Waals surface area contributed by atoms with Gasteiger partial charge in [-0.05, 0) is 0 Å². The van der Waals surface area contributed by atoms with Gasteiger partial charge in [0.2, 0.25) is 5.88 Å². The fourth-order valence-electron chi connectivity index (χ4n) is 0.728. The number of carbonyl (C=O) groups excluding carboxylic acids is 1. The maximum Gasteiger partial charge on any atom is 0.321 e. The second-order valence-corrected chi connectivity index (χ2v) is 2.03. The minimum Gasteiger partial charge on any atom is -0.481 e. The third-order valence-corrected chi connectivity index (χ3v) is 1.33. The van der Waals surface area contributed by atoms with Crippen molar-refractivity contribution in [1.29, 1.82) is 0 Å². The zero-order chi connectivity index (χ0) is 13.0. The maximum atomic E-state index is 8.00. The number of hydrogen-bond donors (Lipinski definition) is 1. The Labute approximate surface area is 95.3 Å². The Morgan fingerprint density at radius 2 is 1.75 bits per heavy atom. The lowest BCUT2D eigenvalue weighted by Gasteiger charge is -2.04. The van der Waals surface area contributed by atoms with E-state index in [2.05, 4.69) is 28.4 Å². The summed E-state index contributed by atoms with van der Waals surface area (Å²) in [5, 5.41) is 2.87. The molecule has 90 valence electrons. The fraction of sp³-hybridized carbons (Fsp3) is 0.300. The highest BCUT2D eigenvalue weighted by Crippen LogP contribution is 2.15. The van der Waals surface area contributed by atoms with Crippen molar-refractivity contribution in [2.24, 2.45) is 0 Å². The molecule has 0 unspecified atom stereocenters. The van der Waals surface area contributed by atoms with Crippen molar-refractivity contribution in [2.75, 3.05) is 26.6 Å². The fourth-order valence-corrected chi connectivity index (χ4v) is 0.728. The minimum absolute atomic E-state index is 0.290. The van der Waals surface area contributed by atoms with Gasteiger partial charge in [0.1, 0.15) is 12.6 Å². The van der Waals surface area contributed by atoms with Gasteiger partial charge < -0.3 is 19.6 Å². The number of rotatable bonds is 3. The Morgan fingerprint density at radius 3 is 2.12 bits per heavy atom. The zero-order valence-corrected chi connectivity index (χ0v) is 9.82. The van der Waals surface area contributed by atoms with E-state index < -0.39 is 0 Å². The van der Waals surface area contributed by atoms with Crippen LogP contribution in [0, 0.1) is 0 Å². The van der Waals surface area contributed by atoms with E-state index in [1.165, 1.54) is 7.11 Å². The number of nitrogens with zero attached hydrogens (tertiary/aromatic N) is 2. The van der Waals surface area contributed by atoms with Crippen LogP contribution in [0.1, 0.15) is 0 Å². The first-order valence-corrected chi connectivity index (χ1v) is 4.24. The van der Waals surface area contributed by atoms with Crippen molar-refractivity contribution < 1.29 is 14.3 Å². The van der Waals surface area contributed by atoms with Gasteiger partial charge in [0.25, 0.3) is 0 Å². The van der Waals surface area contributed by atoms with Crippen LogP contribution < -0.4 is 14.8 Å². The highest BCUT2D eigenvalue weighted by molar-refractivity contribution is 5.38. The zero-order valence-electron chi connectivity index (χ0n) is 9.82. The molecule has 1 N–H and O–H groups in total. The lowest BCUT2D eigenvalue weighted by Crippen LogP contribution is -1.99. The van der Waals surface area contributed by atoms with E-state index in [4.69, 9.17) is 14.3 Å². The molecule has 6 nitrogen and oxygen atoms in total. The Bertz CT molecular complexity index is 237. The average molecular weight is 227 g/mol. The second kappa shape index (κ2) is 11.0. The molecule has 0 aliphatic heterocycles. The topological polar surface area (TPSA) is 73.3 Å². The number of aromatic nitrogens is 2. The number of ether oxygens (including phenoxy) is 2. The molecule has 0 saturated heterocycles. The van der Waals surface area contributed by atoms with Crippen LogP contribution in [0.3, 0.4) is 0 Å². The van der Waals surface area contributed by atoms with Crippen LogP contribution in [0.2, 0.25) is 0 Å². The number of carbonyl (C=O) groups is 1. The molecule has 0 aliphatic rings. The standard InChI is InChI=1S/C7H11N3O2.C2H4.CH2O/c1-8-5-4-6(11-2)10-7(9-5)12-3;2*1-2/h4H,1-3H3,(H,8,9,10);1-2H2;1H2. The third-order valence-electron chi connectivity index (χ3n) is 1.33. The van der Waals surface area contributed by atoms with Crippen molar-refractivity contribution in [2.45, 2.75) is 0 Å². The van der Waals surface area contributed by atoms with Gasteiger partial charge in [0.05, 0.1) is 14.2 Å². The van der Waals surface area contributed by atoms with E-state index in [1.807, 2.05) is 6.79 Å². The summed E-state index contributed by atoms with van der Waals surface area (Å²) in [4.78, 5) is 15.9. The second-order valence-electron chi connectivity index (χ2n) is 2.03. The van der Waals surface area contributed by atoms with Gasteiger partial charge in [-0.25, -0.2) is 0 Å². The third kappa shape index (κ3) is 5.58.